The second-order valence-corrected chi connectivity index (χ2v) is 8.92. The summed E-state index contributed by atoms with van der Waals surface area (Å²) in [4.78, 5) is 0.426. The van der Waals surface area contributed by atoms with Crippen molar-refractivity contribution < 1.29 is 8.42 Å². The van der Waals surface area contributed by atoms with E-state index in [1.807, 2.05) is 6.07 Å². The molecule has 1 saturated carbocycles. The van der Waals surface area contributed by atoms with Gasteiger partial charge in [-0.15, -0.1) is 0 Å². The van der Waals surface area contributed by atoms with E-state index in [1.54, 1.807) is 30.3 Å². The Labute approximate surface area is 150 Å². The highest BCUT2D eigenvalue weighted by atomic mass is 35.5. The fourth-order valence-electron chi connectivity index (χ4n) is 2.90. The third kappa shape index (κ3) is 3.11. The minimum Gasteiger partial charge on any atom is -0.393 e. The third-order valence-corrected chi connectivity index (χ3v) is 7.01. The maximum Gasteiger partial charge on any atom is 0.182 e. The van der Waals surface area contributed by atoms with E-state index in [2.05, 4.69) is 0 Å². The van der Waals surface area contributed by atoms with Crippen molar-refractivity contribution in [1.29, 1.82) is 0 Å². The molecule has 0 heterocycles. The van der Waals surface area contributed by atoms with E-state index in [0.29, 0.717) is 10.0 Å². The van der Waals surface area contributed by atoms with Crippen molar-refractivity contribution in [2.75, 3.05) is 0 Å². The summed E-state index contributed by atoms with van der Waals surface area (Å²) in [6.07, 6.45) is 0. The molecule has 2 aromatic rings. The number of benzene rings is 2. The monoisotopic (exact) mass is 385 g/mol. The Balaban J connectivity index is 2.00. The molecule has 3 nitrogen and oxygen atoms in total. The zero-order valence-electron chi connectivity index (χ0n) is 11.8. The van der Waals surface area contributed by atoms with Gasteiger partial charge in [-0.2, -0.15) is 0 Å². The van der Waals surface area contributed by atoms with Crippen molar-refractivity contribution in [3.05, 3.63) is 64.1 Å². The normalized spacial score (nSPS) is 23.5. The number of hydrogen-bond acceptors (Lipinski definition) is 3. The average molecular weight is 386 g/mol. The van der Waals surface area contributed by atoms with Gasteiger partial charge in [0.15, 0.2) is 9.84 Å². The van der Waals surface area contributed by atoms with E-state index in [4.69, 9.17) is 41.2 Å². The molecule has 0 spiro atoms. The summed E-state index contributed by atoms with van der Waals surface area (Å²) in [7, 11) is -3.56. The molecule has 0 radical (unpaired) electrons. The Kier molecular flexibility index (Phi) is 4.40. The van der Waals surface area contributed by atoms with Gasteiger partial charge in [0, 0.05) is 21.9 Å². The van der Waals surface area contributed by atoms with Crippen molar-refractivity contribution in [2.45, 2.75) is 16.1 Å². The standard InChI is InChI=1S/C16H13Cl2NO2S2/c17-10-4-6-12(7-5-10)23(20,21)15-13(14(15)16(19)22)9-2-1-3-11(18)8-9/h1-8,13-15H,(H2,19,22)/t13-,14-,15+/m1/s1. The number of thiocarbonyl (C=S) groups is 1. The molecule has 0 bridgehead atoms. The summed E-state index contributed by atoms with van der Waals surface area (Å²) in [6, 6.07) is 13.3. The van der Waals surface area contributed by atoms with Crippen LogP contribution < -0.4 is 5.73 Å². The maximum absolute atomic E-state index is 12.9. The van der Waals surface area contributed by atoms with E-state index in [9.17, 15) is 8.42 Å². The molecule has 1 aliphatic carbocycles. The lowest BCUT2D eigenvalue weighted by Crippen LogP contribution is -2.17. The first-order chi connectivity index (χ1) is 10.8. The van der Waals surface area contributed by atoms with Gasteiger partial charge in [-0.3, -0.25) is 0 Å². The average Bonchev–Trinajstić information content (AvgIpc) is 3.24. The molecule has 0 unspecified atom stereocenters. The number of hydrogen-bond donors (Lipinski definition) is 1. The molecule has 3 atom stereocenters. The molecule has 1 fully saturated rings. The quantitative estimate of drug-likeness (QED) is 0.812. The summed E-state index contributed by atoms with van der Waals surface area (Å²) in [5.74, 6) is -0.656. The van der Waals surface area contributed by atoms with E-state index in [1.165, 1.54) is 12.1 Å². The van der Waals surface area contributed by atoms with Crippen LogP contribution in [0.25, 0.3) is 0 Å². The number of halogens is 2. The van der Waals surface area contributed by atoms with Gasteiger partial charge in [0.25, 0.3) is 0 Å². The molecule has 0 aromatic heterocycles. The molecule has 0 amide bonds. The van der Waals surface area contributed by atoms with Gasteiger partial charge >= 0.3 is 0 Å². The first-order valence-corrected chi connectivity index (χ1v) is 9.57. The van der Waals surface area contributed by atoms with Crippen LogP contribution >= 0.6 is 35.4 Å². The molecule has 1 aliphatic rings. The van der Waals surface area contributed by atoms with Crippen LogP contribution in [-0.2, 0) is 9.84 Å². The SMILES string of the molecule is NC(=S)[C@@H]1[C@@H](c2cccc(Cl)c2)[C@@H]1S(=O)(=O)c1ccc(Cl)cc1. The molecular formula is C16H13Cl2NO2S2. The van der Waals surface area contributed by atoms with Crippen LogP contribution in [0.4, 0.5) is 0 Å². The second kappa shape index (κ2) is 6.06. The van der Waals surface area contributed by atoms with E-state index < -0.39 is 15.1 Å². The predicted octanol–water partition coefficient (Wildman–Crippen LogP) is 3.84. The first kappa shape index (κ1) is 16.7. The summed E-state index contributed by atoms with van der Waals surface area (Å²) < 4.78 is 25.8. The summed E-state index contributed by atoms with van der Waals surface area (Å²) >= 11 is 16.9. The summed E-state index contributed by atoms with van der Waals surface area (Å²) in [5.41, 5.74) is 6.60. The Hall–Kier alpha value is -1.14. The molecule has 7 heteroatoms. The lowest BCUT2D eigenvalue weighted by molar-refractivity contribution is 0.593. The van der Waals surface area contributed by atoms with E-state index in [0.717, 1.165) is 5.56 Å². The van der Waals surface area contributed by atoms with Crippen LogP contribution in [0.15, 0.2) is 53.4 Å². The van der Waals surface area contributed by atoms with Gasteiger partial charge in [0.05, 0.1) is 15.1 Å². The minimum absolute atomic E-state index is 0.206. The fraction of sp³-hybridized carbons (Fsp3) is 0.188. The molecule has 3 rings (SSSR count). The van der Waals surface area contributed by atoms with Gasteiger partial charge in [-0.05, 0) is 42.0 Å². The molecule has 0 aliphatic heterocycles. The van der Waals surface area contributed by atoms with Crippen LogP contribution in [0.3, 0.4) is 0 Å². The largest absolute Gasteiger partial charge is 0.393 e. The van der Waals surface area contributed by atoms with Crippen molar-refractivity contribution in [3.63, 3.8) is 0 Å². The lowest BCUT2D eigenvalue weighted by atomic mass is 10.1. The van der Waals surface area contributed by atoms with Crippen molar-refractivity contribution in [1.82, 2.24) is 0 Å². The zero-order chi connectivity index (χ0) is 16.8. The molecule has 2 aromatic carbocycles. The Morgan fingerprint density at radius 2 is 1.70 bits per heavy atom. The Morgan fingerprint density at radius 1 is 1.04 bits per heavy atom. The first-order valence-electron chi connectivity index (χ1n) is 6.86. The molecular weight excluding hydrogens is 373 g/mol. The van der Waals surface area contributed by atoms with Crippen LogP contribution in [0.1, 0.15) is 11.5 Å². The molecule has 23 heavy (non-hydrogen) atoms. The van der Waals surface area contributed by atoms with Gasteiger partial charge in [0.2, 0.25) is 0 Å². The highest BCUT2D eigenvalue weighted by molar-refractivity contribution is 7.92. The van der Waals surface area contributed by atoms with Crippen LogP contribution in [0.5, 0.6) is 0 Å². The lowest BCUT2D eigenvalue weighted by Gasteiger charge is -2.05. The second-order valence-electron chi connectivity index (χ2n) is 5.47. The third-order valence-electron chi connectivity index (χ3n) is 4.02. The topological polar surface area (TPSA) is 60.2 Å². The van der Waals surface area contributed by atoms with Crippen LogP contribution in [0.2, 0.25) is 10.0 Å². The number of sulfone groups is 1. The van der Waals surface area contributed by atoms with Crippen molar-refractivity contribution in [3.8, 4) is 0 Å². The van der Waals surface area contributed by atoms with Gasteiger partial charge < -0.3 is 5.73 Å². The summed E-state index contributed by atoms with van der Waals surface area (Å²) in [5, 5.41) is 0.371. The fourth-order valence-corrected chi connectivity index (χ4v) is 5.76. The molecule has 120 valence electrons. The van der Waals surface area contributed by atoms with E-state index >= 15 is 0 Å². The molecule has 2 N–H and O–H groups in total. The maximum atomic E-state index is 12.9. The zero-order valence-corrected chi connectivity index (χ0v) is 15.0. The minimum atomic E-state index is -3.56. The van der Waals surface area contributed by atoms with Crippen molar-refractivity contribution in [2.24, 2.45) is 11.7 Å². The Morgan fingerprint density at radius 3 is 2.26 bits per heavy atom. The van der Waals surface area contributed by atoms with Gasteiger partial charge in [-0.25, -0.2) is 8.42 Å². The Bertz CT molecular complexity index is 866. The number of rotatable bonds is 4. The molecule has 0 saturated heterocycles. The smallest absolute Gasteiger partial charge is 0.182 e. The van der Waals surface area contributed by atoms with Gasteiger partial charge in [0.1, 0.15) is 0 Å². The highest BCUT2D eigenvalue weighted by Crippen LogP contribution is 2.54. The van der Waals surface area contributed by atoms with Crippen LogP contribution in [0, 0.1) is 5.92 Å². The van der Waals surface area contributed by atoms with E-state index in [-0.39, 0.29) is 21.7 Å². The highest BCUT2D eigenvalue weighted by Gasteiger charge is 2.60. The van der Waals surface area contributed by atoms with Crippen molar-refractivity contribution >= 4 is 50.2 Å². The summed E-state index contributed by atoms with van der Waals surface area (Å²) in [6.45, 7) is 0. The van der Waals surface area contributed by atoms with Gasteiger partial charge in [-0.1, -0.05) is 47.6 Å². The van der Waals surface area contributed by atoms with Crippen LogP contribution in [-0.4, -0.2) is 18.7 Å². The number of nitrogens with two attached hydrogens (primary N) is 1. The predicted molar refractivity (Wildman–Crippen MR) is 96.9 cm³/mol.